The fourth-order valence-corrected chi connectivity index (χ4v) is 2.52. The largest absolute Gasteiger partial charge is 0.392 e. The van der Waals surface area contributed by atoms with Gasteiger partial charge >= 0.3 is 0 Å². The van der Waals surface area contributed by atoms with Crippen LogP contribution in [0.25, 0.3) is 0 Å². The fourth-order valence-electron chi connectivity index (χ4n) is 0.813. The first kappa shape index (κ1) is 12.8. The Hall–Kier alpha value is -0.200. The van der Waals surface area contributed by atoms with E-state index in [1.807, 2.05) is 13.8 Å². The Kier molecular flexibility index (Phi) is 4.80. The third-order valence-corrected chi connectivity index (χ3v) is 4.22. The van der Waals surface area contributed by atoms with E-state index < -0.39 is 10.0 Å². The maximum Gasteiger partial charge on any atom is 0.220 e. The molecule has 0 aromatic heterocycles. The van der Waals surface area contributed by atoms with Gasteiger partial charge in [0.05, 0.1) is 4.99 Å². The summed E-state index contributed by atoms with van der Waals surface area (Å²) in [5, 5.41) is 0. The van der Waals surface area contributed by atoms with E-state index in [1.165, 1.54) is 4.31 Å². The maximum atomic E-state index is 11.5. The molecule has 0 aliphatic heterocycles. The van der Waals surface area contributed by atoms with E-state index in [0.29, 0.717) is 0 Å². The minimum atomic E-state index is -3.30. The highest BCUT2D eigenvalue weighted by atomic mass is 32.2. The van der Waals surface area contributed by atoms with Gasteiger partial charge in [0.1, 0.15) is 5.75 Å². The molecule has 0 aromatic carbocycles. The van der Waals surface area contributed by atoms with Gasteiger partial charge in [0.15, 0.2) is 0 Å². The van der Waals surface area contributed by atoms with Gasteiger partial charge in [0.25, 0.3) is 0 Å². The lowest BCUT2D eigenvalue weighted by Gasteiger charge is -2.22. The molecule has 0 aliphatic carbocycles. The summed E-state index contributed by atoms with van der Waals surface area (Å²) < 4.78 is 24.3. The number of thiocarbonyl (C=S) groups is 1. The molecule has 1 unspecified atom stereocenters. The number of hydrogen-bond acceptors (Lipinski definition) is 3. The van der Waals surface area contributed by atoms with E-state index in [1.54, 1.807) is 7.05 Å². The predicted octanol–water partition coefficient (Wildman–Crippen LogP) is 0.333. The second-order valence-electron chi connectivity index (χ2n) is 3.00. The van der Waals surface area contributed by atoms with Crippen molar-refractivity contribution in [2.75, 3.05) is 12.8 Å². The van der Waals surface area contributed by atoms with Gasteiger partial charge in [-0.05, 0) is 13.3 Å². The molecule has 0 saturated heterocycles. The van der Waals surface area contributed by atoms with Gasteiger partial charge < -0.3 is 5.73 Å². The average molecular weight is 224 g/mol. The Bertz CT molecular complexity index is 274. The van der Waals surface area contributed by atoms with Crippen molar-refractivity contribution in [3.63, 3.8) is 0 Å². The summed E-state index contributed by atoms with van der Waals surface area (Å²) in [6.07, 6.45) is 0.771. The molecular formula is C7H16N2O2S2. The molecule has 0 heterocycles. The van der Waals surface area contributed by atoms with E-state index in [2.05, 4.69) is 12.2 Å². The van der Waals surface area contributed by atoms with Crippen LogP contribution in [0.5, 0.6) is 0 Å². The number of hydrogen-bond donors (Lipinski definition) is 1. The second kappa shape index (κ2) is 4.88. The van der Waals surface area contributed by atoms with Gasteiger partial charge in [0.2, 0.25) is 10.0 Å². The van der Waals surface area contributed by atoms with E-state index in [4.69, 9.17) is 5.73 Å². The molecule has 0 spiro atoms. The van der Waals surface area contributed by atoms with E-state index in [9.17, 15) is 8.42 Å². The topological polar surface area (TPSA) is 63.4 Å². The first-order valence-corrected chi connectivity index (χ1v) is 6.07. The molecule has 0 aromatic rings. The predicted molar refractivity (Wildman–Crippen MR) is 58.1 cm³/mol. The van der Waals surface area contributed by atoms with Crippen LogP contribution in [-0.2, 0) is 10.0 Å². The SMILES string of the molecule is CCC(C)N(C)S(=O)(=O)CC(N)=S. The van der Waals surface area contributed by atoms with Gasteiger partial charge in [-0.1, -0.05) is 19.1 Å². The molecule has 0 fully saturated rings. The zero-order valence-electron chi connectivity index (χ0n) is 8.15. The van der Waals surface area contributed by atoms with Crippen LogP contribution >= 0.6 is 12.2 Å². The van der Waals surface area contributed by atoms with Crippen LogP contribution in [0.3, 0.4) is 0 Å². The molecule has 13 heavy (non-hydrogen) atoms. The molecule has 0 radical (unpaired) electrons. The minimum Gasteiger partial charge on any atom is -0.392 e. The van der Waals surface area contributed by atoms with Crippen LogP contribution < -0.4 is 5.73 Å². The van der Waals surface area contributed by atoms with Crippen LogP contribution in [0.2, 0.25) is 0 Å². The highest BCUT2D eigenvalue weighted by Gasteiger charge is 2.22. The van der Waals surface area contributed by atoms with Crippen LogP contribution in [-0.4, -0.2) is 36.6 Å². The molecule has 2 N–H and O–H groups in total. The maximum absolute atomic E-state index is 11.5. The van der Waals surface area contributed by atoms with Gasteiger partial charge in [-0.2, -0.15) is 0 Å². The highest BCUT2D eigenvalue weighted by molar-refractivity contribution is 7.92. The monoisotopic (exact) mass is 224 g/mol. The lowest BCUT2D eigenvalue weighted by molar-refractivity contribution is 0.382. The zero-order chi connectivity index (χ0) is 10.6. The molecule has 0 rings (SSSR count). The molecular weight excluding hydrogens is 208 g/mol. The van der Waals surface area contributed by atoms with Crippen LogP contribution in [0.4, 0.5) is 0 Å². The minimum absolute atomic E-state index is 0.00940. The Balaban J connectivity index is 4.55. The summed E-state index contributed by atoms with van der Waals surface area (Å²) in [7, 11) is -1.76. The number of nitrogens with zero attached hydrogens (tertiary/aromatic N) is 1. The molecule has 78 valence electrons. The standard InChI is InChI=1S/C7H16N2O2S2/c1-4-6(2)9(3)13(10,11)5-7(8)12/h6H,4-5H2,1-3H3,(H2,8,12). The smallest absolute Gasteiger partial charge is 0.220 e. The van der Waals surface area contributed by atoms with Crippen molar-refractivity contribution in [2.24, 2.45) is 5.73 Å². The van der Waals surface area contributed by atoms with Gasteiger partial charge in [-0.25, -0.2) is 12.7 Å². The van der Waals surface area contributed by atoms with Crippen molar-refractivity contribution in [3.05, 3.63) is 0 Å². The Morgan fingerprint density at radius 1 is 1.62 bits per heavy atom. The van der Waals surface area contributed by atoms with Crippen LogP contribution in [0.1, 0.15) is 20.3 Å². The van der Waals surface area contributed by atoms with Crippen molar-refractivity contribution in [1.82, 2.24) is 4.31 Å². The van der Waals surface area contributed by atoms with Gasteiger partial charge in [-0.15, -0.1) is 0 Å². The average Bonchev–Trinajstić information content (AvgIpc) is 1.99. The summed E-state index contributed by atoms with van der Waals surface area (Å²) in [6, 6.07) is -0.0145. The molecule has 1 atom stereocenters. The summed E-state index contributed by atoms with van der Waals surface area (Å²) in [5.41, 5.74) is 5.18. The lowest BCUT2D eigenvalue weighted by atomic mass is 10.3. The summed E-state index contributed by atoms with van der Waals surface area (Å²) in [6.45, 7) is 3.77. The Morgan fingerprint density at radius 2 is 2.08 bits per heavy atom. The second-order valence-corrected chi connectivity index (χ2v) is 5.55. The first-order valence-electron chi connectivity index (χ1n) is 4.05. The Labute approximate surface area is 85.1 Å². The quantitative estimate of drug-likeness (QED) is 0.684. The number of sulfonamides is 1. The Morgan fingerprint density at radius 3 is 2.38 bits per heavy atom. The fraction of sp³-hybridized carbons (Fsp3) is 0.857. The number of nitrogens with two attached hydrogens (primary N) is 1. The van der Waals surface area contributed by atoms with Gasteiger partial charge in [0, 0.05) is 13.1 Å². The van der Waals surface area contributed by atoms with Crippen LogP contribution in [0, 0.1) is 0 Å². The van der Waals surface area contributed by atoms with E-state index >= 15 is 0 Å². The molecule has 0 saturated carbocycles. The summed E-state index contributed by atoms with van der Waals surface area (Å²) in [5.74, 6) is -0.247. The molecule has 6 heteroatoms. The van der Waals surface area contributed by atoms with Crippen LogP contribution in [0.15, 0.2) is 0 Å². The van der Waals surface area contributed by atoms with Crippen molar-refractivity contribution in [1.29, 1.82) is 0 Å². The molecule has 4 nitrogen and oxygen atoms in total. The third-order valence-electron chi connectivity index (χ3n) is 1.97. The summed E-state index contributed by atoms with van der Waals surface area (Å²) in [4.78, 5) is 0.00940. The van der Waals surface area contributed by atoms with Crippen molar-refractivity contribution in [3.8, 4) is 0 Å². The zero-order valence-corrected chi connectivity index (χ0v) is 9.78. The lowest BCUT2D eigenvalue weighted by Crippen LogP contribution is -2.39. The molecule has 0 aliphatic rings. The third kappa shape index (κ3) is 4.02. The first-order chi connectivity index (χ1) is 5.81. The van der Waals surface area contributed by atoms with E-state index in [0.717, 1.165) is 6.42 Å². The normalized spacial score (nSPS) is 14.5. The van der Waals surface area contributed by atoms with E-state index in [-0.39, 0.29) is 16.8 Å². The van der Waals surface area contributed by atoms with Crippen molar-refractivity contribution < 1.29 is 8.42 Å². The molecule has 0 bridgehead atoms. The van der Waals surface area contributed by atoms with Crippen molar-refractivity contribution in [2.45, 2.75) is 26.3 Å². The highest BCUT2D eigenvalue weighted by Crippen LogP contribution is 2.07. The molecule has 0 amide bonds. The van der Waals surface area contributed by atoms with Crippen molar-refractivity contribution >= 4 is 27.2 Å². The number of rotatable bonds is 5. The summed E-state index contributed by atoms with van der Waals surface area (Å²) >= 11 is 4.56. The van der Waals surface area contributed by atoms with Gasteiger partial charge in [-0.3, -0.25) is 0 Å².